The highest BCUT2D eigenvalue weighted by Crippen LogP contribution is 2.37. The lowest BCUT2D eigenvalue weighted by atomic mass is 10.1. The fourth-order valence-corrected chi connectivity index (χ4v) is 4.11. The Hall–Kier alpha value is -2.99. The molecule has 136 valence electrons. The molecule has 6 heteroatoms. The van der Waals surface area contributed by atoms with Gasteiger partial charge in [-0.15, -0.1) is 11.3 Å². The van der Waals surface area contributed by atoms with Crippen LogP contribution in [-0.4, -0.2) is 23.0 Å². The fourth-order valence-electron chi connectivity index (χ4n) is 3.03. The van der Waals surface area contributed by atoms with E-state index in [9.17, 15) is 4.79 Å². The number of anilines is 1. The van der Waals surface area contributed by atoms with Crippen molar-refractivity contribution in [3.05, 3.63) is 66.0 Å². The van der Waals surface area contributed by atoms with Gasteiger partial charge in [-0.3, -0.25) is 4.79 Å². The molecule has 0 amide bonds. The summed E-state index contributed by atoms with van der Waals surface area (Å²) in [7, 11) is 1.38. The minimum atomic E-state index is -0.526. The molecule has 4 rings (SSSR count). The summed E-state index contributed by atoms with van der Waals surface area (Å²) in [6, 6.07) is 18.3. The number of hydrogen-bond donors (Lipinski definition) is 1. The first-order chi connectivity index (χ1) is 13.2. The van der Waals surface area contributed by atoms with Gasteiger partial charge < -0.3 is 10.1 Å². The maximum Gasteiger partial charge on any atom is 0.316 e. The van der Waals surface area contributed by atoms with Crippen LogP contribution < -0.4 is 5.32 Å². The number of esters is 1. The standard InChI is InChI=1S/C21H19N3O2S/c1-13(21(25)26-2)18-23-19(22-12-14-8-4-3-5-9-14)17-15-10-6-7-11-16(15)27-20(17)24-18/h3-11,13H,12H2,1-2H3,(H,22,23,24). The zero-order valence-corrected chi connectivity index (χ0v) is 15.9. The number of carbonyl (C=O) groups excluding carboxylic acids is 1. The van der Waals surface area contributed by atoms with Crippen molar-refractivity contribution in [2.75, 3.05) is 12.4 Å². The quantitative estimate of drug-likeness (QED) is 0.509. The molecule has 0 radical (unpaired) electrons. The average molecular weight is 377 g/mol. The van der Waals surface area contributed by atoms with Gasteiger partial charge in [-0.2, -0.15) is 0 Å². The Morgan fingerprint density at radius 2 is 1.85 bits per heavy atom. The molecular weight excluding hydrogens is 358 g/mol. The average Bonchev–Trinajstić information content (AvgIpc) is 3.10. The highest BCUT2D eigenvalue weighted by atomic mass is 32.1. The van der Waals surface area contributed by atoms with E-state index >= 15 is 0 Å². The smallest absolute Gasteiger partial charge is 0.316 e. The number of hydrogen-bond acceptors (Lipinski definition) is 6. The van der Waals surface area contributed by atoms with Gasteiger partial charge in [-0.1, -0.05) is 48.5 Å². The van der Waals surface area contributed by atoms with E-state index in [0.29, 0.717) is 12.4 Å². The predicted octanol–water partition coefficient (Wildman–Crippen LogP) is 4.73. The Labute approximate surface area is 161 Å². The molecule has 1 N–H and O–H groups in total. The molecular formula is C21H19N3O2S. The van der Waals surface area contributed by atoms with Crippen LogP contribution in [0.5, 0.6) is 0 Å². The number of nitrogens with zero attached hydrogens (tertiary/aromatic N) is 2. The molecule has 0 aliphatic carbocycles. The normalized spacial score (nSPS) is 12.2. The largest absolute Gasteiger partial charge is 0.468 e. The molecule has 2 heterocycles. The van der Waals surface area contributed by atoms with Crippen molar-refractivity contribution in [3.8, 4) is 0 Å². The summed E-state index contributed by atoms with van der Waals surface area (Å²) in [4.78, 5) is 22.2. The predicted molar refractivity (Wildman–Crippen MR) is 109 cm³/mol. The van der Waals surface area contributed by atoms with Crippen LogP contribution in [0.2, 0.25) is 0 Å². The summed E-state index contributed by atoms with van der Waals surface area (Å²) in [5.41, 5.74) is 1.16. The third kappa shape index (κ3) is 3.36. The van der Waals surface area contributed by atoms with Crippen LogP contribution in [0, 0.1) is 0 Å². The van der Waals surface area contributed by atoms with Gasteiger partial charge >= 0.3 is 5.97 Å². The zero-order valence-electron chi connectivity index (χ0n) is 15.1. The van der Waals surface area contributed by atoms with Gasteiger partial charge in [0.05, 0.1) is 12.5 Å². The van der Waals surface area contributed by atoms with Gasteiger partial charge in [-0.05, 0) is 18.6 Å². The molecule has 2 aromatic carbocycles. The fraction of sp³-hybridized carbons (Fsp3) is 0.190. The van der Waals surface area contributed by atoms with Gasteiger partial charge in [0.2, 0.25) is 0 Å². The van der Waals surface area contributed by atoms with E-state index in [-0.39, 0.29) is 5.97 Å². The number of benzene rings is 2. The van der Waals surface area contributed by atoms with Crippen molar-refractivity contribution in [2.24, 2.45) is 0 Å². The molecule has 1 unspecified atom stereocenters. The summed E-state index contributed by atoms with van der Waals surface area (Å²) < 4.78 is 6.02. The Bertz CT molecular complexity index is 1110. The lowest BCUT2D eigenvalue weighted by molar-refractivity contribution is -0.142. The van der Waals surface area contributed by atoms with Gasteiger partial charge in [0.15, 0.2) is 0 Å². The van der Waals surface area contributed by atoms with Crippen LogP contribution in [0.25, 0.3) is 20.3 Å². The molecule has 0 aliphatic rings. The van der Waals surface area contributed by atoms with E-state index in [0.717, 1.165) is 31.7 Å². The summed E-state index contributed by atoms with van der Waals surface area (Å²) in [6.45, 7) is 2.41. The molecule has 0 saturated carbocycles. The second kappa shape index (κ2) is 7.32. The molecule has 0 saturated heterocycles. The van der Waals surface area contributed by atoms with Crippen molar-refractivity contribution in [3.63, 3.8) is 0 Å². The molecule has 0 fully saturated rings. The van der Waals surface area contributed by atoms with Crippen molar-refractivity contribution < 1.29 is 9.53 Å². The SMILES string of the molecule is COC(=O)C(C)c1nc(NCc2ccccc2)c2c(n1)sc1ccccc12. The van der Waals surface area contributed by atoms with E-state index in [2.05, 4.69) is 34.6 Å². The first kappa shape index (κ1) is 17.4. The van der Waals surface area contributed by atoms with Crippen LogP contribution in [0.3, 0.4) is 0 Å². The number of rotatable bonds is 5. The molecule has 4 aromatic rings. The number of aromatic nitrogens is 2. The highest BCUT2D eigenvalue weighted by Gasteiger charge is 2.22. The van der Waals surface area contributed by atoms with Gasteiger partial charge in [0.25, 0.3) is 0 Å². The number of carbonyl (C=O) groups is 1. The van der Waals surface area contributed by atoms with Crippen LogP contribution in [0.4, 0.5) is 5.82 Å². The van der Waals surface area contributed by atoms with Crippen LogP contribution in [0.1, 0.15) is 24.2 Å². The molecule has 5 nitrogen and oxygen atoms in total. The van der Waals surface area contributed by atoms with Crippen molar-refractivity contribution in [2.45, 2.75) is 19.4 Å². The minimum absolute atomic E-state index is 0.343. The lowest BCUT2D eigenvalue weighted by Crippen LogP contribution is -2.15. The van der Waals surface area contributed by atoms with E-state index in [1.54, 1.807) is 18.3 Å². The lowest BCUT2D eigenvalue weighted by Gasteiger charge is -2.12. The summed E-state index contributed by atoms with van der Waals surface area (Å²) in [5.74, 6) is 0.342. The molecule has 2 aromatic heterocycles. The molecule has 27 heavy (non-hydrogen) atoms. The maximum atomic E-state index is 12.0. The highest BCUT2D eigenvalue weighted by molar-refractivity contribution is 7.25. The van der Waals surface area contributed by atoms with Crippen molar-refractivity contribution >= 4 is 43.4 Å². The minimum Gasteiger partial charge on any atom is -0.468 e. The second-order valence-electron chi connectivity index (χ2n) is 6.29. The molecule has 0 spiro atoms. The van der Waals surface area contributed by atoms with Gasteiger partial charge in [0.1, 0.15) is 22.4 Å². The third-order valence-electron chi connectivity index (χ3n) is 4.50. The summed E-state index contributed by atoms with van der Waals surface area (Å²) >= 11 is 1.61. The number of ether oxygens (including phenoxy) is 1. The topological polar surface area (TPSA) is 64.1 Å². The number of nitrogens with one attached hydrogen (secondary N) is 1. The Morgan fingerprint density at radius 3 is 2.63 bits per heavy atom. The van der Waals surface area contributed by atoms with E-state index in [1.165, 1.54) is 7.11 Å². The van der Waals surface area contributed by atoms with Crippen LogP contribution in [-0.2, 0) is 16.1 Å². The van der Waals surface area contributed by atoms with Crippen LogP contribution >= 0.6 is 11.3 Å². The second-order valence-corrected chi connectivity index (χ2v) is 7.32. The molecule has 1 atom stereocenters. The Balaban J connectivity index is 1.83. The van der Waals surface area contributed by atoms with Crippen molar-refractivity contribution in [1.29, 1.82) is 0 Å². The Morgan fingerprint density at radius 1 is 1.11 bits per heavy atom. The van der Waals surface area contributed by atoms with E-state index in [4.69, 9.17) is 9.72 Å². The van der Waals surface area contributed by atoms with E-state index < -0.39 is 5.92 Å². The molecule has 0 bridgehead atoms. The number of fused-ring (bicyclic) bond motifs is 3. The first-order valence-electron chi connectivity index (χ1n) is 8.72. The third-order valence-corrected chi connectivity index (χ3v) is 5.57. The van der Waals surface area contributed by atoms with Gasteiger partial charge in [-0.25, -0.2) is 9.97 Å². The Kier molecular flexibility index (Phi) is 4.73. The monoisotopic (exact) mass is 377 g/mol. The van der Waals surface area contributed by atoms with E-state index in [1.807, 2.05) is 30.3 Å². The summed E-state index contributed by atoms with van der Waals surface area (Å²) in [5, 5.41) is 5.55. The number of methoxy groups -OCH3 is 1. The zero-order chi connectivity index (χ0) is 18.8. The van der Waals surface area contributed by atoms with Crippen molar-refractivity contribution in [1.82, 2.24) is 9.97 Å². The van der Waals surface area contributed by atoms with Crippen LogP contribution in [0.15, 0.2) is 54.6 Å². The molecule has 0 aliphatic heterocycles. The summed E-state index contributed by atoms with van der Waals surface area (Å²) in [6.07, 6.45) is 0. The maximum absolute atomic E-state index is 12.0. The first-order valence-corrected chi connectivity index (χ1v) is 9.54. The number of thiophene rings is 1. The van der Waals surface area contributed by atoms with Gasteiger partial charge in [0, 0.05) is 16.6 Å².